The number of thiazole rings is 1. The van der Waals surface area contributed by atoms with Crippen molar-refractivity contribution in [2.45, 2.75) is 13.8 Å². The normalized spacial score (nSPS) is 10.9. The number of amides is 1. The molecular weight excluding hydrogens is 401 g/mol. The summed E-state index contributed by atoms with van der Waals surface area (Å²) in [7, 11) is 3.99. The number of aromatic nitrogens is 1. The Labute approximate surface area is 175 Å². The van der Waals surface area contributed by atoms with Gasteiger partial charge in [0.15, 0.2) is 5.13 Å². The molecule has 27 heavy (non-hydrogen) atoms. The highest BCUT2D eigenvalue weighted by Crippen LogP contribution is 2.32. The van der Waals surface area contributed by atoms with Gasteiger partial charge < -0.3 is 4.90 Å². The fraction of sp³-hybridized carbons (Fsp3) is 0.300. The van der Waals surface area contributed by atoms with Crippen LogP contribution < -0.4 is 4.90 Å². The first-order valence-electron chi connectivity index (χ1n) is 8.45. The molecule has 0 spiro atoms. The highest BCUT2D eigenvalue weighted by molar-refractivity contribution is 7.22. The van der Waals surface area contributed by atoms with E-state index in [4.69, 9.17) is 16.6 Å². The lowest BCUT2D eigenvalue weighted by Gasteiger charge is -2.22. The standard InChI is InChI=1S/C20H22ClN3OS.ClH/c1-13-8-9-17-18(14(13)2)22-20(26-17)24(11-10-23(3)4)19(25)15-6-5-7-16(21)12-15;/h5-9,12H,10-11H2,1-4H3;1H. The third-order valence-corrected chi connectivity index (χ3v) is 5.67. The van der Waals surface area contributed by atoms with Crippen LogP contribution in [-0.4, -0.2) is 43.0 Å². The van der Waals surface area contributed by atoms with Crippen molar-refractivity contribution in [3.63, 3.8) is 0 Å². The van der Waals surface area contributed by atoms with Crippen LogP contribution in [0.15, 0.2) is 36.4 Å². The van der Waals surface area contributed by atoms with Gasteiger partial charge in [-0.15, -0.1) is 12.4 Å². The second-order valence-corrected chi connectivity index (χ2v) is 8.07. The van der Waals surface area contributed by atoms with E-state index in [0.717, 1.165) is 27.5 Å². The van der Waals surface area contributed by atoms with E-state index in [1.807, 2.05) is 14.1 Å². The van der Waals surface area contributed by atoms with Crippen LogP contribution in [-0.2, 0) is 0 Å². The summed E-state index contributed by atoms with van der Waals surface area (Å²) in [6.07, 6.45) is 0. The monoisotopic (exact) mass is 423 g/mol. The average molecular weight is 424 g/mol. The lowest BCUT2D eigenvalue weighted by molar-refractivity contribution is 0.0985. The molecule has 2 aromatic carbocycles. The Bertz CT molecular complexity index is 956. The Kier molecular flexibility index (Phi) is 7.23. The maximum Gasteiger partial charge on any atom is 0.260 e. The maximum absolute atomic E-state index is 13.2. The topological polar surface area (TPSA) is 36.4 Å². The number of carbonyl (C=O) groups is 1. The van der Waals surface area contributed by atoms with Crippen molar-refractivity contribution in [3.05, 3.63) is 58.1 Å². The highest BCUT2D eigenvalue weighted by atomic mass is 35.5. The third kappa shape index (κ3) is 4.79. The summed E-state index contributed by atoms with van der Waals surface area (Å²) in [5, 5.41) is 1.28. The van der Waals surface area contributed by atoms with E-state index >= 15 is 0 Å². The summed E-state index contributed by atoms with van der Waals surface area (Å²) < 4.78 is 1.09. The zero-order valence-electron chi connectivity index (χ0n) is 15.8. The Balaban J connectivity index is 0.00000261. The molecule has 0 aliphatic heterocycles. The highest BCUT2D eigenvalue weighted by Gasteiger charge is 2.22. The summed E-state index contributed by atoms with van der Waals surface area (Å²) in [5.74, 6) is -0.0808. The Morgan fingerprint density at radius 2 is 1.89 bits per heavy atom. The Hall–Kier alpha value is -1.66. The minimum absolute atomic E-state index is 0. The molecule has 0 aliphatic rings. The number of hydrogen-bond donors (Lipinski definition) is 0. The number of anilines is 1. The maximum atomic E-state index is 13.2. The van der Waals surface area contributed by atoms with Gasteiger partial charge in [0.05, 0.1) is 10.2 Å². The van der Waals surface area contributed by atoms with Crippen molar-refractivity contribution in [3.8, 4) is 0 Å². The van der Waals surface area contributed by atoms with Crippen LogP contribution in [0.1, 0.15) is 21.5 Å². The van der Waals surface area contributed by atoms with Crippen molar-refractivity contribution in [2.75, 3.05) is 32.1 Å². The molecule has 0 atom stereocenters. The van der Waals surface area contributed by atoms with Crippen molar-refractivity contribution in [1.29, 1.82) is 0 Å². The number of benzene rings is 2. The Morgan fingerprint density at radius 1 is 1.15 bits per heavy atom. The van der Waals surface area contributed by atoms with Crippen LogP contribution in [0.5, 0.6) is 0 Å². The van der Waals surface area contributed by atoms with Gasteiger partial charge in [0.2, 0.25) is 0 Å². The second kappa shape index (κ2) is 9.02. The molecule has 0 saturated heterocycles. The smallest absolute Gasteiger partial charge is 0.260 e. The third-order valence-electron chi connectivity index (χ3n) is 4.39. The molecule has 0 bridgehead atoms. The minimum Gasteiger partial charge on any atom is -0.308 e. The van der Waals surface area contributed by atoms with E-state index in [1.165, 1.54) is 5.56 Å². The molecule has 144 valence electrons. The SMILES string of the molecule is Cc1ccc2sc(N(CCN(C)C)C(=O)c3cccc(Cl)c3)nc2c1C.Cl. The number of likely N-dealkylation sites (N-methyl/N-ethyl adjacent to an activating group) is 1. The fourth-order valence-electron chi connectivity index (χ4n) is 2.69. The van der Waals surface area contributed by atoms with E-state index in [-0.39, 0.29) is 18.3 Å². The van der Waals surface area contributed by atoms with Crippen LogP contribution in [0.3, 0.4) is 0 Å². The van der Waals surface area contributed by atoms with Crippen molar-refractivity contribution in [2.24, 2.45) is 0 Å². The first kappa shape index (κ1) is 21.6. The number of nitrogens with zero attached hydrogens (tertiary/aromatic N) is 3. The molecule has 0 fully saturated rings. The molecule has 0 N–H and O–H groups in total. The first-order valence-corrected chi connectivity index (χ1v) is 9.65. The predicted octanol–water partition coefficient (Wildman–Crippen LogP) is 5.20. The summed E-state index contributed by atoms with van der Waals surface area (Å²) in [4.78, 5) is 21.8. The Morgan fingerprint density at radius 3 is 2.56 bits per heavy atom. The molecule has 1 aromatic heterocycles. The van der Waals surface area contributed by atoms with Gasteiger partial charge >= 0.3 is 0 Å². The number of aryl methyl sites for hydroxylation is 2. The van der Waals surface area contributed by atoms with Crippen LogP contribution in [0.4, 0.5) is 5.13 Å². The van der Waals surface area contributed by atoms with Gasteiger partial charge in [-0.25, -0.2) is 4.98 Å². The molecule has 3 rings (SSSR count). The van der Waals surface area contributed by atoms with E-state index in [0.29, 0.717) is 17.1 Å². The second-order valence-electron chi connectivity index (χ2n) is 6.62. The number of halogens is 2. The molecule has 0 unspecified atom stereocenters. The summed E-state index contributed by atoms with van der Waals surface area (Å²) in [5.41, 5.74) is 3.91. The van der Waals surface area contributed by atoms with Gasteiger partial charge in [-0.2, -0.15) is 0 Å². The molecule has 1 amide bonds. The fourth-order valence-corrected chi connectivity index (χ4v) is 3.93. The van der Waals surface area contributed by atoms with Crippen molar-refractivity contribution in [1.82, 2.24) is 9.88 Å². The van der Waals surface area contributed by atoms with E-state index < -0.39 is 0 Å². The molecule has 4 nitrogen and oxygen atoms in total. The van der Waals surface area contributed by atoms with Crippen molar-refractivity contribution < 1.29 is 4.79 Å². The number of hydrogen-bond acceptors (Lipinski definition) is 4. The van der Waals surface area contributed by atoms with Gasteiger partial charge in [-0.3, -0.25) is 9.69 Å². The van der Waals surface area contributed by atoms with Crippen LogP contribution >= 0.6 is 35.3 Å². The molecular formula is C20H23Cl2N3OS. The summed E-state index contributed by atoms with van der Waals surface area (Å²) in [6.45, 7) is 5.47. The van der Waals surface area contributed by atoms with Crippen LogP contribution in [0, 0.1) is 13.8 Å². The quantitative estimate of drug-likeness (QED) is 0.565. The molecule has 0 radical (unpaired) electrons. The average Bonchev–Trinajstić information content (AvgIpc) is 3.02. The van der Waals surface area contributed by atoms with Crippen LogP contribution in [0.2, 0.25) is 5.02 Å². The number of rotatable bonds is 5. The van der Waals surface area contributed by atoms with E-state index in [2.05, 4.69) is 30.9 Å². The van der Waals surface area contributed by atoms with Gasteiger partial charge in [0.25, 0.3) is 5.91 Å². The zero-order chi connectivity index (χ0) is 18.8. The molecule has 0 aliphatic carbocycles. The largest absolute Gasteiger partial charge is 0.308 e. The summed E-state index contributed by atoms with van der Waals surface area (Å²) >= 11 is 7.63. The van der Waals surface area contributed by atoms with Gasteiger partial charge in [0, 0.05) is 23.7 Å². The summed E-state index contributed by atoms with van der Waals surface area (Å²) in [6, 6.07) is 11.2. The van der Waals surface area contributed by atoms with E-state index in [9.17, 15) is 4.79 Å². The first-order chi connectivity index (χ1) is 12.4. The zero-order valence-corrected chi connectivity index (χ0v) is 18.2. The van der Waals surface area contributed by atoms with Crippen LogP contribution in [0.25, 0.3) is 10.2 Å². The molecule has 3 aromatic rings. The molecule has 1 heterocycles. The number of carbonyl (C=O) groups excluding carboxylic acids is 1. The van der Waals surface area contributed by atoms with Gasteiger partial charge in [0.1, 0.15) is 0 Å². The van der Waals surface area contributed by atoms with Gasteiger partial charge in [-0.05, 0) is 63.3 Å². The van der Waals surface area contributed by atoms with E-state index in [1.54, 1.807) is 40.5 Å². The molecule has 0 saturated carbocycles. The van der Waals surface area contributed by atoms with Gasteiger partial charge in [-0.1, -0.05) is 35.1 Å². The predicted molar refractivity (Wildman–Crippen MR) is 118 cm³/mol. The van der Waals surface area contributed by atoms with Crippen molar-refractivity contribution >= 4 is 56.6 Å². The lowest BCUT2D eigenvalue weighted by Crippen LogP contribution is -2.36. The minimum atomic E-state index is -0.0808. The number of fused-ring (bicyclic) bond motifs is 1. The molecule has 7 heteroatoms. The lowest BCUT2D eigenvalue weighted by atomic mass is 10.1.